The fourth-order valence-electron chi connectivity index (χ4n) is 7.37. The Labute approximate surface area is 175 Å². The summed E-state index contributed by atoms with van der Waals surface area (Å²) >= 11 is 4.09. The summed E-state index contributed by atoms with van der Waals surface area (Å²) in [5, 5.41) is 7.59. The van der Waals surface area contributed by atoms with Gasteiger partial charge in [0.05, 0.1) is 0 Å². The minimum absolute atomic E-state index is 0.283. The maximum atomic E-state index is 13.2. The summed E-state index contributed by atoms with van der Waals surface area (Å²) in [5.41, 5.74) is 0.283. The van der Waals surface area contributed by atoms with Crippen LogP contribution in [0.25, 0.3) is 0 Å². The Morgan fingerprint density at radius 1 is 1.07 bits per heavy atom. The van der Waals surface area contributed by atoms with Gasteiger partial charge in [0.2, 0.25) is 5.91 Å². The second-order valence-corrected chi connectivity index (χ2v) is 12.5. The van der Waals surface area contributed by atoms with Crippen LogP contribution in [0, 0.1) is 17.3 Å². The van der Waals surface area contributed by atoms with Gasteiger partial charge in [-0.2, -0.15) is 5.10 Å². The Kier molecular flexibility index (Phi) is 4.02. The van der Waals surface area contributed by atoms with Gasteiger partial charge in [0, 0.05) is 35.7 Å². The van der Waals surface area contributed by atoms with E-state index in [9.17, 15) is 4.79 Å². The second kappa shape index (κ2) is 6.29. The molecule has 1 aromatic heterocycles. The molecule has 0 spiro atoms. The van der Waals surface area contributed by atoms with Crippen LogP contribution in [-0.2, 0) is 4.79 Å². The number of alkyl halides is 1. The highest BCUT2D eigenvalue weighted by atomic mass is 79.9. The molecule has 2 heterocycles. The third kappa shape index (κ3) is 3.14. The molecule has 1 saturated heterocycles. The molecule has 0 aromatic carbocycles. The predicted molar refractivity (Wildman–Crippen MR) is 110 cm³/mol. The van der Waals surface area contributed by atoms with Crippen molar-refractivity contribution in [1.82, 2.24) is 20.1 Å². The number of hydrogen-bond donors (Lipinski definition) is 1. The van der Waals surface area contributed by atoms with E-state index >= 15 is 0 Å². The molecule has 1 aliphatic heterocycles. The van der Waals surface area contributed by atoms with E-state index in [2.05, 4.69) is 31.0 Å². The maximum Gasteiger partial charge on any atom is 0.223 e. The zero-order valence-electron chi connectivity index (χ0n) is 16.6. The number of rotatable bonds is 4. The molecule has 4 bridgehead atoms. The van der Waals surface area contributed by atoms with E-state index in [1.807, 2.05) is 0 Å². The Bertz CT molecular complexity index is 765. The van der Waals surface area contributed by atoms with Gasteiger partial charge in [0.15, 0.2) is 5.82 Å². The van der Waals surface area contributed by atoms with Gasteiger partial charge >= 0.3 is 0 Å². The van der Waals surface area contributed by atoms with Crippen LogP contribution in [0.5, 0.6) is 0 Å². The number of likely N-dealkylation sites (tertiary alicyclic amines) is 1. The van der Waals surface area contributed by atoms with Crippen molar-refractivity contribution in [2.24, 2.45) is 17.3 Å². The summed E-state index contributed by atoms with van der Waals surface area (Å²) in [5.74, 6) is 5.22. The van der Waals surface area contributed by atoms with E-state index in [1.165, 1.54) is 51.4 Å². The Hall–Kier alpha value is -0.910. The standard InChI is InChI=1S/C22H31BrN4O/c23-22-10-14-7-15(11-22)9-21(8-14,13-22)12-18(28)27-5-3-17(4-6-27)20-24-19(25-26-20)16-1-2-16/h14-17H,1-13H2,(H,24,25,26). The first-order valence-electron chi connectivity index (χ1n) is 11.4. The van der Waals surface area contributed by atoms with Gasteiger partial charge in [0.25, 0.3) is 0 Å². The number of amides is 1. The van der Waals surface area contributed by atoms with Gasteiger partial charge in [-0.25, -0.2) is 4.98 Å². The number of hydrogen-bond acceptors (Lipinski definition) is 3. The van der Waals surface area contributed by atoms with Crippen molar-refractivity contribution in [2.45, 2.75) is 86.8 Å². The molecule has 7 rings (SSSR count). The second-order valence-electron chi connectivity index (χ2n) is 10.8. The highest BCUT2D eigenvalue weighted by Gasteiger charge is 2.57. The van der Waals surface area contributed by atoms with E-state index in [0.29, 0.717) is 22.1 Å². The molecule has 2 unspecified atom stereocenters. The SMILES string of the molecule is O=C(CC12CC3CC(CC(Br)(C3)C1)C2)N1CCC(c2nc(C3CC3)n[nH]2)CC1. The van der Waals surface area contributed by atoms with Gasteiger partial charge in [0.1, 0.15) is 5.82 Å². The topological polar surface area (TPSA) is 61.9 Å². The minimum Gasteiger partial charge on any atom is -0.343 e. The Morgan fingerprint density at radius 2 is 1.79 bits per heavy atom. The van der Waals surface area contributed by atoms with Crippen molar-refractivity contribution in [3.63, 3.8) is 0 Å². The van der Waals surface area contributed by atoms with Crippen molar-refractivity contribution < 1.29 is 4.79 Å². The Morgan fingerprint density at radius 3 is 2.43 bits per heavy atom. The molecule has 1 aromatic rings. The van der Waals surface area contributed by atoms with Gasteiger partial charge in [-0.05, 0) is 81.5 Å². The zero-order valence-corrected chi connectivity index (χ0v) is 18.2. The van der Waals surface area contributed by atoms with Gasteiger partial charge in [-0.3, -0.25) is 9.89 Å². The number of H-pyrrole nitrogens is 1. The average molecular weight is 447 g/mol. The van der Waals surface area contributed by atoms with Crippen LogP contribution in [0.3, 0.4) is 0 Å². The lowest BCUT2D eigenvalue weighted by molar-refractivity contribution is -0.139. The van der Waals surface area contributed by atoms with Crippen LogP contribution >= 0.6 is 15.9 Å². The summed E-state index contributed by atoms with van der Waals surface area (Å²) in [6, 6.07) is 0. The molecule has 28 heavy (non-hydrogen) atoms. The number of carbonyl (C=O) groups is 1. The van der Waals surface area contributed by atoms with Gasteiger partial charge in [-0.1, -0.05) is 15.9 Å². The Balaban J connectivity index is 1.08. The van der Waals surface area contributed by atoms with Crippen molar-refractivity contribution >= 4 is 21.8 Å². The van der Waals surface area contributed by atoms with E-state index < -0.39 is 0 Å². The van der Waals surface area contributed by atoms with Crippen molar-refractivity contribution in [3.8, 4) is 0 Å². The summed E-state index contributed by atoms with van der Waals surface area (Å²) in [6.07, 6.45) is 13.2. The minimum atomic E-state index is 0.283. The van der Waals surface area contributed by atoms with Crippen LogP contribution < -0.4 is 0 Å². The number of carbonyl (C=O) groups excluding carboxylic acids is 1. The molecule has 1 N–H and O–H groups in total. The van der Waals surface area contributed by atoms with Crippen LogP contribution in [0.2, 0.25) is 0 Å². The number of nitrogens with zero attached hydrogens (tertiary/aromatic N) is 3. The molecule has 5 aliphatic carbocycles. The average Bonchev–Trinajstić information content (AvgIpc) is 3.36. The number of aromatic nitrogens is 3. The smallest absolute Gasteiger partial charge is 0.223 e. The highest BCUT2D eigenvalue weighted by molar-refractivity contribution is 9.10. The molecule has 1 amide bonds. The number of piperidine rings is 1. The van der Waals surface area contributed by atoms with Crippen LogP contribution in [0.15, 0.2) is 0 Å². The largest absolute Gasteiger partial charge is 0.343 e. The zero-order chi connectivity index (χ0) is 18.9. The van der Waals surface area contributed by atoms with Crippen LogP contribution in [-0.4, -0.2) is 43.4 Å². The first-order valence-corrected chi connectivity index (χ1v) is 12.2. The molecule has 6 fully saturated rings. The molecule has 0 radical (unpaired) electrons. The van der Waals surface area contributed by atoms with E-state index in [-0.39, 0.29) is 5.41 Å². The van der Waals surface area contributed by atoms with E-state index in [0.717, 1.165) is 55.8 Å². The lowest BCUT2D eigenvalue weighted by Gasteiger charge is -2.60. The molecule has 152 valence electrons. The lowest BCUT2D eigenvalue weighted by atomic mass is 9.48. The van der Waals surface area contributed by atoms with Gasteiger partial charge < -0.3 is 4.90 Å². The van der Waals surface area contributed by atoms with E-state index in [4.69, 9.17) is 4.98 Å². The van der Waals surface area contributed by atoms with E-state index in [1.54, 1.807) is 0 Å². The summed E-state index contributed by atoms with van der Waals surface area (Å²) < 4.78 is 0.343. The lowest BCUT2D eigenvalue weighted by Crippen LogP contribution is -2.54. The fraction of sp³-hybridized carbons (Fsp3) is 0.864. The van der Waals surface area contributed by atoms with Crippen molar-refractivity contribution in [3.05, 3.63) is 11.6 Å². The first kappa shape index (κ1) is 17.9. The first-order chi connectivity index (χ1) is 13.5. The molecule has 6 aliphatic rings. The third-order valence-corrected chi connectivity index (χ3v) is 9.26. The summed E-state index contributed by atoms with van der Waals surface area (Å²) in [7, 11) is 0. The number of aromatic amines is 1. The van der Waals surface area contributed by atoms with Crippen molar-refractivity contribution in [1.29, 1.82) is 0 Å². The molecule has 5 nitrogen and oxygen atoms in total. The van der Waals surface area contributed by atoms with Crippen LogP contribution in [0.4, 0.5) is 0 Å². The third-order valence-electron chi connectivity index (χ3n) is 8.33. The quantitative estimate of drug-likeness (QED) is 0.691. The van der Waals surface area contributed by atoms with Crippen LogP contribution in [0.1, 0.15) is 94.1 Å². The predicted octanol–water partition coefficient (Wildman–Crippen LogP) is 4.51. The molecule has 6 heteroatoms. The highest BCUT2D eigenvalue weighted by Crippen LogP contribution is 2.65. The van der Waals surface area contributed by atoms with Crippen molar-refractivity contribution in [2.75, 3.05) is 13.1 Å². The molecular weight excluding hydrogens is 416 g/mol. The molecule has 5 saturated carbocycles. The number of halogens is 1. The molecular formula is C22H31BrN4O. The normalized spacial score (nSPS) is 40.2. The van der Waals surface area contributed by atoms with Gasteiger partial charge in [-0.15, -0.1) is 0 Å². The monoisotopic (exact) mass is 446 g/mol. The maximum absolute atomic E-state index is 13.2. The molecule has 2 atom stereocenters. The summed E-state index contributed by atoms with van der Waals surface area (Å²) in [4.78, 5) is 20.1. The summed E-state index contributed by atoms with van der Waals surface area (Å²) in [6.45, 7) is 1.76. The number of nitrogens with one attached hydrogen (secondary N) is 1. The fourth-order valence-corrected chi connectivity index (χ4v) is 8.88.